The lowest BCUT2D eigenvalue weighted by molar-refractivity contribution is 0.0762. The minimum Gasteiger partial charge on any atom is -0.451 e. The number of halogens is 2. The van der Waals surface area contributed by atoms with Crippen molar-refractivity contribution >= 4 is 40.7 Å². The molecule has 2 amide bonds. The van der Waals surface area contributed by atoms with Gasteiger partial charge in [-0.3, -0.25) is 9.59 Å². The molecule has 3 aromatic rings. The van der Waals surface area contributed by atoms with Crippen molar-refractivity contribution in [1.82, 2.24) is 4.90 Å². The molecule has 31 heavy (non-hydrogen) atoms. The lowest BCUT2D eigenvalue weighted by atomic mass is 10.1. The number of hydrogen-bond donors (Lipinski definition) is 1. The first-order chi connectivity index (χ1) is 15.0. The molecule has 0 spiro atoms. The third-order valence-electron chi connectivity index (χ3n) is 5.33. The summed E-state index contributed by atoms with van der Waals surface area (Å²) in [6.45, 7) is 1.48. The monoisotopic (exact) mass is 456 g/mol. The molecule has 5 nitrogen and oxygen atoms in total. The Hall–Kier alpha value is -2.76. The topological polar surface area (TPSA) is 62.6 Å². The number of hydrogen-bond acceptors (Lipinski definition) is 3. The first kappa shape index (κ1) is 21.5. The molecular weight excluding hydrogens is 435 g/mol. The van der Waals surface area contributed by atoms with Crippen LogP contribution in [0, 0.1) is 0 Å². The number of benzene rings is 2. The predicted molar refractivity (Wildman–Crippen MR) is 123 cm³/mol. The number of amides is 2. The number of nitrogens with zero attached hydrogens (tertiary/aromatic N) is 1. The summed E-state index contributed by atoms with van der Waals surface area (Å²) in [5, 5.41) is 3.67. The molecule has 0 atom stereocenters. The van der Waals surface area contributed by atoms with Crippen LogP contribution in [0.1, 0.15) is 46.6 Å². The maximum absolute atomic E-state index is 13.1. The smallest absolute Gasteiger partial charge is 0.291 e. The Bertz CT molecular complexity index is 1100. The van der Waals surface area contributed by atoms with Gasteiger partial charge in [-0.25, -0.2) is 0 Å². The molecule has 2 aromatic carbocycles. The van der Waals surface area contributed by atoms with E-state index in [1.807, 2.05) is 4.90 Å². The van der Waals surface area contributed by atoms with Crippen molar-refractivity contribution < 1.29 is 14.0 Å². The van der Waals surface area contributed by atoms with E-state index in [1.54, 1.807) is 54.6 Å². The lowest BCUT2D eigenvalue weighted by Gasteiger charge is -2.21. The van der Waals surface area contributed by atoms with Crippen molar-refractivity contribution in [2.24, 2.45) is 0 Å². The Balaban J connectivity index is 1.52. The Morgan fingerprint density at radius 1 is 0.871 bits per heavy atom. The van der Waals surface area contributed by atoms with Crippen LogP contribution in [0.3, 0.4) is 0 Å². The number of likely N-dealkylation sites (tertiary alicyclic amines) is 1. The minimum atomic E-state index is -0.428. The molecular formula is C24H22Cl2N2O3. The van der Waals surface area contributed by atoms with E-state index in [4.69, 9.17) is 27.6 Å². The zero-order chi connectivity index (χ0) is 21.8. The lowest BCUT2D eigenvalue weighted by Crippen LogP contribution is -2.32. The number of para-hydroxylation sites is 1. The summed E-state index contributed by atoms with van der Waals surface area (Å²) < 4.78 is 5.72. The van der Waals surface area contributed by atoms with E-state index < -0.39 is 5.91 Å². The number of carbonyl (C=O) groups is 2. The Kier molecular flexibility index (Phi) is 6.64. The molecule has 0 bridgehead atoms. The summed E-state index contributed by atoms with van der Waals surface area (Å²) in [4.78, 5) is 27.7. The largest absolute Gasteiger partial charge is 0.451 e. The van der Waals surface area contributed by atoms with E-state index in [0.29, 0.717) is 32.6 Å². The van der Waals surface area contributed by atoms with Crippen LogP contribution in [0.25, 0.3) is 11.3 Å². The van der Waals surface area contributed by atoms with E-state index in [2.05, 4.69) is 5.32 Å². The molecule has 4 rings (SSSR count). The Morgan fingerprint density at radius 2 is 1.61 bits per heavy atom. The van der Waals surface area contributed by atoms with Crippen molar-refractivity contribution in [3.8, 4) is 11.3 Å². The molecule has 0 saturated carbocycles. The third kappa shape index (κ3) is 4.94. The molecule has 2 heterocycles. The fourth-order valence-electron chi connectivity index (χ4n) is 3.67. The van der Waals surface area contributed by atoms with Gasteiger partial charge in [-0.1, -0.05) is 48.2 Å². The number of furan rings is 1. The third-order valence-corrected chi connectivity index (χ3v) is 6.07. The summed E-state index contributed by atoms with van der Waals surface area (Å²) in [6, 6.07) is 15.5. The van der Waals surface area contributed by atoms with Crippen LogP contribution in [0.4, 0.5) is 5.69 Å². The van der Waals surface area contributed by atoms with Crippen LogP contribution in [0.5, 0.6) is 0 Å². The van der Waals surface area contributed by atoms with Gasteiger partial charge in [0, 0.05) is 18.7 Å². The van der Waals surface area contributed by atoms with E-state index in [9.17, 15) is 9.59 Å². The maximum atomic E-state index is 13.1. The van der Waals surface area contributed by atoms with E-state index >= 15 is 0 Å². The number of anilines is 1. The van der Waals surface area contributed by atoms with Crippen LogP contribution >= 0.6 is 23.2 Å². The summed E-state index contributed by atoms with van der Waals surface area (Å²) >= 11 is 12.0. The van der Waals surface area contributed by atoms with Crippen molar-refractivity contribution in [1.29, 1.82) is 0 Å². The first-order valence-corrected chi connectivity index (χ1v) is 11.0. The maximum Gasteiger partial charge on any atom is 0.291 e. The van der Waals surface area contributed by atoms with Crippen LogP contribution in [-0.2, 0) is 0 Å². The van der Waals surface area contributed by atoms with Gasteiger partial charge < -0.3 is 14.6 Å². The molecule has 7 heteroatoms. The van der Waals surface area contributed by atoms with E-state index in [-0.39, 0.29) is 11.7 Å². The highest BCUT2D eigenvalue weighted by Crippen LogP contribution is 2.30. The fourth-order valence-corrected chi connectivity index (χ4v) is 3.97. The summed E-state index contributed by atoms with van der Waals surface area (Å²) in [7, 11) is 0. The van der Waals surface area contributed by atoms with Gasteiger partial charge in [-0.2, -0.15) is 0 Å². The zero-order valence-electron chi connectivity index (χ0n) is 16.9. The molecule has 1 fully saturated rings. The van der Waals surface area contributed by atoms with Crippen LogP contribution < -0.4 is 5.32 Å². The first-order valence-electron chi connectivity index (χ1n) is 10.3. The van der Waals surface area contributed by atoms with Gasteiger partial charge >= 0.3 is 0 Å². The van der Waals surface area contributed by atoms with Gasteiger partial charge in [0.25, 0.3) is 11.8 Å². The molecule has 1 aliphatic heterocycles. The van der Waals surface area contributed by atoms with Crippen LogP contribution in [0.15, 0.2) is 59.0 Å². The highest BCUT2D eigenvalue weighted by atomic mass is 35.5. The Labute approximate surface area is 190 Å². The summed E-state index contributed by atoms with van der Waals surface area (Å²) in [6.07, 6.45) is 4.29. The minimum absolute atomic E-state index is 0.0614. The summed E-state index contributed by atoms with van der Waals surface area (Å²) in [5.74, 6) is 0.145. The average molecular weight is 457 g/mol. The van der Waals surface area contributed by atoms with Gasteiger partial charge in [-0.05, 0) is 55.3 Å². The van der Waals surface area contributed by atoms with Crippen LogP contribution in [0.2, 0.25) is 10.0 Å². The summed E-state index contributed by atoms with van der Waals surface area (Å²) in [5.41, 5.74) is 1.66. The number of carbonyl (C=O) groups excluding carboxylic acids is 2. The highest BCUT2D eigenvalue weighted by molar-refractivity contribution is 6.42. The van der Waals surface area contributed by atoms with Crippen molar-refractivity contribution in [2.45, 2.75) is 25.7 Å². The molecule has 1 N–H and O–H groups in total. The molecule has 0 radical (unpaired) electrons. The van der Waals surface area contributed by atoms with E-state index in [1.165, 1.54) is 0 Å². The molecule has 160 valence electrons. The highest BCUT2D eigenvalue weighted by Gasteiger charge is 2.21. The normalized spacial score (nSPS) is 14.2. The molecule has 1 aliphatic rings. The predicted octanol–water partition coefficient (Wildman–Crippen LogP) is 6.52. The van der Waals surface area contributed by atoms with Gasteiger partial charge in [0.15, 0.2) is 5.76 Å². The van der Waals surface area contributed by atoms with Gasteiger partial charge in [0.2, 0.25) is 0 Å². The number of rotatable bonds is 4. The Morgan fingerprint density at radius 3 is 2.35 bits per heavy atom. The molecule has 1 saturated heterocycles. The molecule has 0 aliphatic carbocycles. The quantitative estimate of drug-likeness (QED) is 0.485. The van der Waals surface area contributed by atoms with Crippen molar-refractivity contribution in [2.75, 3.05) is 18.4 Å². The van der Waals surface area contributed by atoms with Gasteiger partial charge in [0.1, 0.15) is 5.76 Å². The fraction of sp³-hybridized carbons (Fsp3) is 0.250. The zero-order valence-corrected chi connectivity index (χ0v) is 18.4. The van der Waals surface area contributed by atoms with Gasteiger partial charge in [0.05, 0.1) is 21.3 Å². The van der Waals surface area contributed by atoms with Crippen LogP contribution in [-0.4, -0.2) is 29.8 Å². The second kappa shape index (κ2) is 9.58. The molecule has 1 aromatic heterocycles. The molecule has 0 unspecified atom stereocenters. The standard InChI is InChI=1S/C24H22Cl2N2O3/c25-18-10-9-16(15-19(18)26)21-11-12-22(31-21)23(29)27-20-8-4-3-7-17(20)24(30)28-13-5-1-2-6-14-28/h3-4,7-12,15H,1-2,5-6,13-14H2,(H,27,29). The van der Waals surface area contributed by atoms with E-state index in [0.717, 1.165) is 38.8 Å². The SMILES string of the molecule is O=C(Nc1ccccc1C(=O)N1CCCCCC1)c1ccc(-c2ccc(Cl)c(Cl)c2)o1. The average Bonchev–Trinajstić information content (AvgIpc) is 3.11. The van der Waals surface area contributed by atoms with Crippen molar-refractivity contribution in [3.05, 3.63) is 76.0 Å². The second-order valence-electron chi connectivity index (χ2n) is 7.50. The second-order valence-corrected chi connectivity index (χ2v) is 8.31. The number of nitrogens with one attached hydrogen (secondary N) is 1. The van der Waals surface area contributed by atoms with Gasteiger partial charge in [-0.15, -0.1) is 0 Å². The van der Waals surface area contributed by atoms with Crippen molar-refractivity contribution in [3.63, 3.8) is 0 Å².